The second kappa shape index (κ2) is 5.86. The highest BCUT2D eigenvalue weighted by molar-refractivity contribution is 5.87. The lowest BCUT2D eigenvalue weighted by atomic mass is 10.0. The molecule has 2 heterocycles. The van der Waals surface area contributed by atoms with E-state index in [-0.39, 0.29) is 17.3 Å². The van der Waals surface area contributed by atoms with Gasteiger partial charge >= 0.3 is 0 Å². The van der Waals surface area contributed by atoms with Crippen LogP contribution < -0.4 is 5.73 Å². The minimum absolute atomic E-state index is 0.0222. The molecule has 2 N–H and O–H groups in total. The number of halogens is 2. The van der Waals surface area contributed by atoms with Crippen molar-refractivity contribution in [3.05, 3.63) is 66.4 Å². The summed E-state index contributed by atoms with van der Waals surface area (Å²) in [6, 6.07) is 12.3. The van der Waals surface area contributed by atoms with E-state index >= 15 is 0 Å². The maximum atomic E-state index is 14.4. The summed E-state index contributed by atoms with van der Waals surface area (Å²) in [7, 11) is 0. The Morgan fingerprint density at radius 3 is 2.44 bits per heavy atom. The van der Waals surface area contributed by atoms with Gasteiger partial charge in [-0.15, -0.1) is 10.2 Å². The molecule has 0 bridgehead atoms. The average molecular weight is 335 g/mol. The zero-order valence-electron chi connectivity index (χ0n) is 12.8. The molecule has 4 rings (SSSR count). The molecule has 0 unspecified atom stereocenters. The van der Waals surface area contributed by atoms with Crippen LogP contribution in [0.2, 0.25) is 0 Å². The fourth-order valence-corrected chi connectivity index (χ4v) is 2.63. The number of benzene rings is 2. The van der Waals surface area contributed by atoms with Gasteiger partial charge in [0.2, 0.25) is 5.95 Å². The largest absolute Gasteiger partial charge is 0.366 e. The van der Waals surface area contributed by atoms with Crippen LogP contribution in [0.5, 0.6) is 0 Å². The van der Waals surface area contributed by atoms with Crippen LogP contribution in [0.1, 0.15) is 0 Å². The van der Waals surface area contributed by atoms with Crippen LogP contribution in [0.3, 0.4) is 0 Å². The van der Waals surface area contributed by atoms with Crippen molar-refractivity contribution in [3.8, 4) is 22.5 Å². The normalized spacial score (nSPS) is 11.0. The van der Waals surface area contributed by atoms with E-state index in [1.54, 1.807) is 30.3 Å². The maximum absolute atomic E-state index is 14.4. The number of fused-ring (bicyclic) bond motifs is 1. The highest BCUT2D eigenvalue weighted by atomic mass is 19.1. The second-order valence-electron chi connectivity index (χ2n) is 5.41. The van der Waals surface area contributed by atoms with E-state index in [1.807, 2.05) is 0 Å². The van der Waals surface area contributed by atoms with E-state index in [4.69, 9.17) is 5.73 Å². The molecule has 0 aliphatic heterocycles. The Morgan fingerprint density at radius 2 is 1.64 bits per heavy atom. The molecular weight excluding hydrogens is 324 g/mol. The van der Waals surface area contributed by atoms with Crippen LogP contribution in [0.15, 0.2) is 54.7 Å². The van der Waals surface area contributed by atoms with Gasteiger partial charge in [0.05, 0.1) is 0 Å². The summed E-state index contributed by atoms with van der Waals surface area (Å²) in [5, 5.41) is 8.48. The van der Waals surface area contributed by atoms with Gasteiger partial charge in [0.1, 0.15) is 28.5 Å². The molecule has 0 radical (unpaired) electrons. The van der Waals surface area contributed by atoms with E-state index in [2.05, 4.69) is 20.2 Å². The fourth-order valence-electron chi connectivity index (χ4n) is 2.63. The number of hydrogen-bond acceptors (Lipinski definition) is 5. The second-order valence-corrected chi connectivity index (χ2v) is 5.41. The van der Waals surface area contributed by atoms with E-state index in [0.29, 0.717) is 27.9 Å². The zero-order chi connectivity index (χ0) is 17.4. The molecule has 0 saturated carbocycles. The topological polar surface area (TPSA) is 77.6 Å². The van der Waals surface area contributed by atoms with Gasteiger partial charge in [-0.2, -0.15) is 0 Å². The Bertz CT molecular complexity index is 1080. The molecule has 2 aromatic carbocycles. The Hall–Kier alpha value is -3.48. The zero-order valence-corrected chi connectivity index (χ0v) is 12.8. The van der Waals surface area contributed by atoms with Gasteiger partial charge in [-0.1, -0.05) is 6.07 Å². The number of aromatic nitrogens is 4. The summed E-state index contributed by atoms with van der Waals surface area (Å²) < 4.78 is 27.6. The van der Waals surface area contributed by atoms with Crippen molar-refractivity contribution in [2.45, 2.75) is 0 Å². The first-order valence-corrected chi connectivity index (χ1v) is 7.42. The molecule has 0 saturated heterocycles. The minimum atomic E-state index is -0.475. The van der Waals surface area contributed by atoms with Gasteiger partial charge in [-0.25, -0.2) is 13.8 Å². The van der Waals surface area contributed by atoms with E-state index in [1.165, 1.54) is 24.4 Å². The average Bonchev–Trinajstić information content (AvgIpc) is 2.62. The summed E-state index contributed by atoms with van der Waals surface area (Å²) >= 11 is 0. The third-order valence-corrected chi connectivity index (χ3v) is 3.75. The number of nitrogens with two attached hydrogens (primary N) is 1. The maximum Gasteiger partial charge on any atom is 0.240 e. The number of nitrogen functional groups attached to an aromatic ring is 1. The van der Waals surface area contributed by atoms with Crippen molar-refractivity contribution < 1.29 is 8.78 Å². The molecule has 4 aromatic rings. The van der Waals surface area contributed by atoms with Crippen LogP contribution in [0.4, 0.5) is 14.7 Å². The standard InChI is InChI=1S/C18H11F2N5/c19-13-5-3-10(4-6-13)16-17(24-25-18(21)23-16)12-8-11-2-1-7-22-15(11)14(20)9-12/h1-9H,(H2,21,23,25). The number of pyridine rings is 1. The van der Waals surface area contributed by atoms with Gasteiger partial charge in [0.15, 0.2) is 0 Å². The number of rotatable bonds is 2. The quantitative estimate of drug-likeness (QED) is 0.605. The van der Waals surface area contributed by atoms with Crippen LogP contribution in [0.25, 0.3) is 33.4 Å². The monoisotopic (exact) mass is 335 g/mol. The molecule has 0 aliphatic rings. The first-order chi connectivity index (χ1) is 12.1. The van der Waals surface area contributed by atoms with Crippen molar-refractivity contribution >= 4 is 16.9 Å². The molecular formula is C18H11F2N5. The molecule has 7 heteroatoms. The predicted octanol–water partition coefficient (Wildman–Crippen LogP) is 3.61. The summed E-state index contributed by atoms with van der Waals surface area (Å²) in [5.41, 5.74) is 7.76. The Balaban J connectivity index is 1.95. The van der Waals surface area contributed by atoms with Gasteiger partial charge in [0.25, 0.3) is 0 Å². The number of hydrogen-bond donors (Lipinski definition) is 1. The van der Waals surface area contributed by atoms with E-state index < -0.39 is 5.82 Å². The fraction of sp³-hybridized carbons (Fsp3) is 0. The molecule has 0 fully saturated rings. The Kier molecular flexibility index (Phi) is 3.53. The lowest BCUT2D eigenvalue weighted by molar-refractivity contribution is 0.628. The third kappa shape index (κ3) is 2.76. The Morgan fingerprint density at radius 1 is 0.840 bits per heavy atom. The lowest BCUT2D eigenvalue weighted by Gasteiger charge is -2.09. The number of nitrogens with zero attached hydrogens (tertiary/aromatic N) is 4. The summed E-state index contributed by atoms with van der Waals surface area (Å²) in [4.78, 5) is 8.23. The highest BCUT2D eigenvalue weighted by Gasteiger charge is 2.15. The van der Waals surface area contributed by atoms with Gasteiger partial charge < -0.3 is 5.73 Å². The molecule has 122 valence electrons. The van der Waals surface area contributed by atoms with Crippen LogP contribution in [-0.4, -0.2) is 20.2 Å². The molecule has 25 heavy (non-hydrogen) atoms. The van der Waals surface area contributed by atoms with Crippen molar-refractivity contribution in [2.24, 2.45) is 0 Å². The smallest absolute Gasteiger partial charge is 0.240 e. The molecule has 5 nitrogen and oxygen atoms in total. The van der Waals surface area contributed by atoms with Gasteiger partial charge in [-0.3, -0.25) is 4.98 Å². The van der Waals surface area contributed by atoms with E-state index in [9.17, 15) is 8.78 Å². The first-order valence-electron chi connectivity index (χ1n) is 7.42. The molecule has 0 atom stereocenters. The third-order valence-electron chi connectivity index (χ3n) is 3.75. The SMILES string of the molecule is Nc1nnc(-c2cc(F)c3ncccc3c2)c(-c2ccc(F)cc2)n1. The molecule has 0 amide bonds. The van der Waals surface area contributed by atoms with E-state index in [0.717, 1.165) is 0 Å². The minimum Gasteiger partial charge on any atom is -0.366 e. The predicted molar refractivity (Wildman–Crippen MR) is 90.3 cm³/mol. The molecule has 2 aromatic heterocycles. The summed E-state index contributed by atoms with van der Waals surface area (Å²) in [5.74, 6) is -0.870. The number of anilines is 1. The van der Waals surface area contributed by atoms with Crippen LogP contribution >= 0.6 is 0 Å². The summed E-state index contributed by atoms with van der Waals surface area (Å²) in [6.07, 6.45) is 1.53. The Labute approximate surface area is 141 Å². The highest BCUT2D eigenvalue weighted by Crippen LogP contribution is 2.31. The van der Waals surface area contributed by atoms with Gasteiger partial charge in [0, 0.05) is 22.7 Å². The van der Waals surface area contributed by atoms with Gasteiger partial charge in [-0.05, 0) is 42.5 Å². The van der Waals surface area contributed by atoms with Crippen LogP contribution in [-0.2, 0) is 0 Å². The van der Waals surface area contributed by atoms with Crippen LogP contribution in [0, 0.1) is 11.6 Å². The van der Waals surface area contributed by atoms with Crippen molar-refractivity contribution in [2.75, 3.05) is 5.73 Å². The lowest BCUT2D eigenvalue weighted by Crippen LogP contribution is -2.02. The first kappa shape index (κ1) is 15.1. The van der Waals surface area contributed by atoms with Crippen molar-refractivity contribution in [1.82, 2.24) is 20.2 Å². The molecule has 0 aliphatic carbocycles. The molecule has 0 spiro atoms. The summed E-state index contributed by atoms with van der Waals surface area (Å²) in [6.45, 7) is 0. The van der Waals surface area contributed by atoms with Crippen molar-refractivity contribution in [3.63, 3.8) is 0 Å². The van der Waals surface area contributed by atoms with Crippen molar-refractivity contribution in [1.29, 1.82) is 0 Å².